The molecular formula is C18H36N2O9. The number of hydrogen-bond donors (Lipinski definition) is 7. The van der Waals surface area contributed by atoms with Crippen molar-refractivity contribution in [3.8, 4) is 0 Å². The average Bonchev–Trinajstić information content (AvgIpc) is 2.71. The first-order valence-electron chi connectivity index (χ1n) is 9.94. The van der Waals surface area contributed by atoms with E-state index in [1.165, 1.54) is 0 Å². The Hall–Kier alpha value is -1.34. The molecule has 5 atom stereocenters. The molecule has 0 unspecified atom stereocenters. The fourth-order valence-corrected chi connectivity index (χ4v) is 2.55. The van der Waals surface area contributed by atoms with Crippen LogP contribution in [0.5, 0.6) is 0 Å². The number of unbranched alkanes of at least 4 members (excludes halogenated alkanes) is 2. The van der Waals surface area contributed by atoms with E-state index in [0.717, 1.165) is 25.7 Å². The van der Waals surface area contributed by atoms with Gasteiger partial charge in [-0.1, -0.05) is 31.7 Å². The van der Waals surface area contributed by atoms with Crippen LogP contribution in [-0.4, -0.2) is 81.6 Å². The molecule has 11 nitrogen and oxygen atoms in total. The van der Waals surface area contributed by atoms with Gasteiger partial charge in [-0.2, -0.15) is 0 Å². The van der Waals surface area contributed by atoms with Crippen LogP contribution < -0.4 is 10.6 Å². The lowest BCUT2D eigenvalue weighted by molar-refractivity contribution is -0.495. The molecule has 0 aliphatic heterocycles. The Morgan fingerprint density at radius 2 is 1.69 bits per heavy atom. The Kier molecular flexibility index (Phi) is 15.7. The van der Waals surface area contributed by atoms with Crippen molar-refractivity contribution in [1.82, 2.24) is 10.6 Å². The van der Waals surface area contributed by atoms with Crippen molar-refractivity contribution < 1.29 is 45.2 Å². The highest BCUT2D eigenvalue weighted by atomic mass is 17.5. The molecule has 0 saturated heterocycles. The molecule has 0 aromatic heterocycles. The zero-order chi connectivity index (χ0) is 22.2. The normalized spacial score (nSPS) is 16.5. The number of nitrogens with one attached hydrogen (secondary N) is 2. The molecule has 0 saturated carbocycles. The van der Waals surface area contributed by atoms with Gasteiger partial charge in [-0.25, -0.2) is 10.1 Å². The van der Waals surface area contributed by atoms with E-state index in [-0.39, 0.29) is 18.4 Å². The lowest BCUT2D eigenvalue weighted by Gasteiger charge is -2.25. The number of carbonyl (C=O) groups is 2. The third-order valence-electron chi connectivity index (χ3n) is 4.46. The summed E-state index contributed by atoms with van der Waals surface area (Å²) < 4.78 is 0. The van der Waals surface area contributed by atoms with Crippen LogP contribution in [0.2, 0.25) is 0 Å². The molecule has 0 aromatic rings. The summed E-state index contributed by atoms with van der Waals surface area (Å²) in [6.07, 6.45) is -2.70. The lowest BCUT2D eigenvalue weighted by atomic mass is 10.0. The Morgan fingerprint density at radius 1 is 1.00 bits per heavy atom. The monoisotopic (exact) mass is 424 g/mol. The fraction of sp³-hybridized carbons (Fsp3) is 0.889. The summed E-state index contributed by atoms with van der Waals surface area (Å²) in [5.74, 6) is -0.657. The van der Waals surface area contributed by atoms with E-state index in [9.17, 15) is 30.0 Å². The molecule has 0 aromatic carbocycles. The molecule has 0 aliphatic carbocycles. The van der Waals surface area contributed by atoms with E-state index in [4.69, 9.17) is 5.26 Å². The second-order valence-electron chi connectivity index (χ2n) is 7.15. The quantitative estimate of drug-likeness (QED) is 0.0883. The van der Waals surface area contributed by atoms with Crippen LogP contribution in [0.15, 0.2) is 0 Å². The summed E-state index contributed by atoms with van der Waals surface area (Å²) >= 11 is 0. The van der Waals surface area contributed by atoms with Gasteiger partial charge in [-0.05, 0) is 25.2 Å². The number of rotatable bonds is 17. The van der Waals surface area contributed by atoms with Gasteiger partial charge in [0.25, 0.3) is 5.91 Å². The minimum atomic E-state index is -1.96. The molecule has 0 rings (SSSR count). The van der Waals surface area contributed by atoms with Crippen LogP contribution in [0.4, 0.5) is 0 Å². The zero-order valence-corrected chi connectivity index (χ0v) is 17.1. The van der Waals surface area contributed by atoms with Gasteiger partial charge in [0.05, 0.1) is 0 Å². The van der Waals surface area contributed by atoms with Crippen LogP contribution in [0, 0.1) is 5.92 Å². The van der Waals surface area contributed by atoms with Gasteiger partial charge in [0.2, 0.25) is 5.91 Å². The smallest absolute Gasteiger partial charge is 0.251 e. The Balaban J connectivity index is 4.02. The molecule has 7 N–H and O–H groups in total. The van der Waals surface area contributed by atoms with Crippen LogP contribution >= 0.6 is 0 Å². The predicted molar refractivity (Wildman–Crippen MR) is 102 cm³/mol. The highest BCUT2D eigenvalue weighted by Gasteiger charge is 2.34. The first kappa shape index (κ1) is 27.7. The standard InChI is InChI=1S/C18H36N2O9/c1-3-4-5-8-14(22)20-10-12(2)7-6-9-19-18(26)17(25)16(24)15(23)13(21)11-28-29-27/h12-13,15-17,21,23-25,27H,3-11H2,1-2H3,(H,19,26)(H,20,22)/t12-,13-,15-,16+,17-/m1/s1. The second-order valence-corrected chi connectivity index (χ2v) is 7.15. The van der Waals surface area contributed by atoms with Gasteiger partial charge in [0.1, 0.15) is 24.9 Å². The highest BCUT2D eigenvalue weighted by Crippen LogP contribution is 2.07. The van der Waals surface area contributed by atoms with E-state index in [2.05, 4.69) is 27.5 Å². The maximum atomic E-state index is 11.8. The van der Waals surface area contributed by atoms with Gasteiger partial charge in [-0.15, -0.1) is 0 Å². The minimum Gasteiger partial charge on any atom is -0.388 e. The molecule has 29 heavy (non-hydrogen) atoms. The molecule has 172 valence electrons. The highest BCUT2D eigenvalue weighted by molar-refractivity contribution is 5.81. The molecule has 11 heteroatoms. The topological polar surface area (TPSA) is 178 Å². The number of amides is 2. The number of hydrogen-bond acceptors (Lipinski definition) is 9. The Bertz CT molecular complexity index is 453. The van der Waals surface area contributed by atoms with E-state index in [1.807, 2.05) is 6.92 Å². The third-order valence-corrected chi connectivity index (χ3v) is 4.46. The molecule has 2 amide bonds. The minimum absolute atomic E-state index is 0.0346. The molecule has 0 heterocycles. The Morgan fingerprint density at radius 3 is 2.31 bits per heavy atom. The summed E-state index contributed by atoms with van der Waals surface area (Å²) in [5, 5.41) is 55.2. The summed E-state index contributed by atoms with van der Waals surface area (Å²) in [4.78, 5) is 27.5. The van der Waals surface area contributed by atoms with Crippen molar-refractivity contribution in [3.05, 3.63) is 0 Å². The van der Waals surface area contributed by atoms with Gasteiger partial charge < -0.3 is 31.1 Å². The first-order valence-corrected chi connectivity index (χ1v) is 9.94. The lowest BCUT2D eigenvalue weighted by Crippen LogP contribution is -2.51. The fourth-order valence-electron chi connectivity index (χ4n) is 2.55. The maximum Gasteiger partial charge on any atom is 0.251 e. The van der Waals surface area contributed by atoms with Gasteiger partial charge in [0.15, 0.2) is 6.10 Å². The summed E-state index contributed by atoms with van der Waals surface area (Å²) in [6.45, 7) is 4.15. The molecule has 0 bridgehead atoms. The van der Waals surface area contributed by atoms with Crippen molar-refractivity contribution in [1.29, 1.82) is 0 Å². The van der Waals surface area contributed by atoms with Gasteiger partial charge in [0, 0.05) is 19.5 Å². The maximum absolute atomic E-state index is 11.8. The summed E-state index contributed by atoms with van der Waals surface area (Å²) in [6, 6.07) is 0. The third kappa shape index (κ3) is 12.7. The van der Waals surface area contributed by atoms with Crippen molar-refractivity contribution >= 4 is 11.8 Å². The van der Waals surface area contributed by atoms with Crippen molar-refractivity contribution in [3.63, 3.8) is 0 Å². The number of carbonyl (C=O) groups excluding carboxylic acids is 2. The van der Waals surface area contributed by atoms with E-state index in [1.54, 1.807) is 0 Å². The molecule has 0 spiro atoms. The van der Waals surface area contributed by atoms with Crippen LogP contribution in [0.3, 0.4) is 0 Å². The molecular weight excluding hydrogens is 388 g/mol. The van der Waals surface area contributed by atoms with E-state index in [0.29, 0.717) is 19.4 Å². The van der Waals surface area contributed by atoms with Crippen LogP contribution in [-0.2, 0) is 19.5 Å². The summed E-state index contributed by atoms with van der Waals surface area (Å²) in [7, 11) is 0. The SMILES string of the molecule is CCCCCC(=O)NC[C@H](C)CCCNC(=O)[C@H](O)[C@@H](O)[C@H](O)[C@H](O)COOO. The molecule has 0 radical (unpaired) electrons. The first-order chi connectivity index (χ1) is 13.7. The molecule has 0 fully saturated rings. The number of aliphatic hydroxyl groups is 4. The van der Waals surface area contributed by atoms with E-state index >= 15 is 0 Å². The van der Waals surface area contributed by atoms with Crippen LogP contribution in [0.25, 0.3) is 0 Å². The summed E-state index contributed by atoms with van der Waals surface area (Å²) in [5.41, 5.74) is 0. The van der Waals surface area contributed by atoms with Crippen LogP contribution in [0.1, 0.15) is 52.4 Å². The van der Waals surface area contributed by atoms with Crippen molar-refractivity contribution in [2.24, 2.45) is 5.92 Å². The molecule has 0 aliphatic rings. The van der Waals surface area contributed by atoms with Crippen molar-refractivity contribution in [2.45, 2.75) is 76.8 Å². The van der Waals surface area contributed by atoms with Gasteiger partial charge in [-0.3, -0.25) is 9.59 Å². The largest absolute Gasteiger partial charge is 0.388 e. The zero-order valence-electron chi connectivity index (χ0n) is 17.1. The second kappa shape index (κ2) is 16.5. The number of aliphatic hydroxyl groups excluding tert-OH is 4. The average molecular weight is 424 g/mol. The van der Waals surface area contributed by atoms with E-state index < -0.39 is 36.9 Å². The Labute approximate surface area is 170 Å². The van der Waals surface area contributed by atoms with Gasteiger partial charge >= 0.3 is 0 Å². The van der Waals surface area contributed by atoms with Crippen molar-refractivity contribution in [2.75, 3.05) is 19.7 Å². The predicted octanol–water partition coefficient (Wildman–Crippen LogP) is -0.920.